The number of likely N-dealkylation sites (tertiary alicyclic amines) is 1. The molecule has 7 heteroatoms. The summed E-state index contributed by atoms with van der Waals surface area (Å²) in [5.74, 6) is 0.860. The fourth-order valence-electron chi connectivity index (χ4n) is 3.41. The van der Waals surface area contributed by atoms with Gasteiger partial charge in [0.05, 0.1) is 18.0 Å². The number of nitrogens with zero attached hydrogens (tertiary/aromatic N) is 2. The van der Waals surface area contributed by atoms with Crippen LogP contribution in [-0.4, -0.2) is 37.9 Å². The Bertz CT molecular complexity index is 819. The molecule has 2 aromatic rings. The summed E-state index contributed by atoms with van der Waals surface area (Å²) in [7, 11) is -3.30. The third-order valence-corrected chi connectivity index (χ3v) is 7.09. The first-order valence-corrected chi connectivity index (χ1v) is 12.1. The standard InChI is InChI=1S/C20H29N3O2S2/c1-16(2)19-14-26-20(22-19)13-23-10-6-9-18(12-23)11-21-27(24,25)15-17-7-4-3-5-8-17/h3-5,7-8,14,16,18,21H,6,9-13,15H2,1-2H3. The minimum absolute atomic E-state index is 0.0430. The van der Waals surface area contributed by atoms with Gasteiger partial charge in [-0.2, -0.15) is 0 Å². The van der Waals surface area contributed by atoms with Gasteiger partial charge in [0.15, 0.2) is 0 Å². The number of benzene rings is 1. The van der Waals surface area contributed by atoms with E-state index in [-0.39, 0.29) is 5.75 Å². The molecule has 0 saturated carbocycles. The van der Waals surface area contributed by atoms with E-state index < -0.39 is 10.0 Å². The van der Waals surface area contributed by atoms with Gasteiger partial charge in [-0.25, -0.2) is 18.1 Å². The lowest BCUT2D eigenvalue weighted by Crippen LogP contribution is -2.40. The van der Waals surface area contributed by atoms with Crippen molar-refractivity contribution >= 4 is 21.4 Å². The molecule has 2 heterocycles. The van der Waals surface area contributed by atoms with E-state index >= 15 is 0 Å². The molecule has 1 aliphatic rings. The topological polar surface area (TPSA) is 62.3 Å². The number of sulfonamides is 1. The highest BCUT2D eigenvalue weighted by Gasteiger charge is 2.23. The number of rotatable bonds is 8. The molecule has 1 atom stereocenters. The maximum atomic E-state index is 12.3. The van der Waals surface area contributed by atoms with Gasteiger partial charge in [-0.3, -0.25) is 4.90 Å². The average molecular weight is 408 g/mol. The van der Waals surface area contributed by atoms with E-state index in [2.05, 4.69) is 28.8 Å². The van der Waals surface area contributed by atoms with Gasteiger partial charge < -0.3 is 0 Å². The molecule has 1 N–H and O–H groups in total. The van der Waals surface area contributed by atoms with Crippen molar-refractivity contribution in [3.05, 3.63) is 52.0 Å². The van der Waals surface area contributed by atoms with E-state index in [9.17, 15) is 8.42 Å². The zero-order valence-electron chi connectivity index (χ0n) is 16.1. The van der Waals surface area contributed by atoms with Crippen molar-refractivity contribution in [3.8, 4) is 0 Å². The van der Waals surface area contributed by atoms with E-state index in [0.29, 0.717) is 18.4 Å². The van der Waals surface area contributed by atoms with Gasteiger partial charge in [0.25, 0.3) is 0 Å². The molecular weight excluding hydrogens is 378 g/mol. The Labute approximate surface area is 166 Å². The van der Waals surface area contributed by atoms with Crippen LogP contribution in [-0.2, 0) is 22.3 Å². The lowest BCUT2D eigenvalue weighted by atomic mass is 9.98. The summed E-state index contributed by atoms with van der Waals surface area (Å²) < 4.78 is 27.5. The monoisotopic (exact) mass is 407 g/mol. The molecule has 5 nitrogen and oxygen atoms in total. The van der Waals surface area contributed by atoms with E-state index in [1.54, 1.807) is 11.3 Å². The van der Waals surface area contributed by atoms with Crippen molar-refractivity contribution in [2.24, 2.45) is 5.92 Å². The van der Waals surface area contributed by atoms with Crippen LogP contribution in [0, 0.1) is 5.92 Å². The number of hydrogen-bond donors (Lipinski definition) is 1. The van der Waals surface area contributed by atoms with Crippen LogP contribution in [0.15, 0.2) is 35.7 Å². The van der Waals surface area contributed by atoms with Crippen molar-refractivity contribution in [2.75, 3.05) is 19.6 Å². The summed E-state index contributed by atoms with van der Waals surface area (Å²) in [5, 5.41) is 3.31. The second-order valence-corrected chi connectivity index (χ2v) is 10.4. The lowest BCUT2D eigenvalue weighted by Gasteiger charge is -2.32. The molecule has 1 unspecified atom stereocenters. The summed E-state index contributed by atoms with van der Waals surface area (Å²) in [4.78, 5) is 7.13. The minimum atomic E-state index is -3.30. The number of piperidine rings is 1. The molecule has 27 heavy (non-hydrogen) atoms. The zero-order valence-corrected chi connectivity index (χ0v) is 17.7. The Balaban J connectivity index is 1.49. The normalized spacial score (nSPS) is 18.9. The predicted molar refractivity (Wildman–Crippen MR) is 111 cm³/mol. The average Bonchev–Trinajstić information content (AvgIpc) is 3.10. The minimum Gasteiger partial charge on any atom is -0.296 e. The van der Waals surface area contributed by atoms with Crippen LogP contribution in [0.3, 0.4) is 0 Å². The Morgan fingerprint density at radius 2 is 2.07 bits per heavy atom. The molecule has 148 valence electrons. The highest BCUT2D eigenvalue weighted by molar-refractivity contribution is 7.88. The van der Waals surface area contributed by atoms with Gasteiger partial charge in [-0.1, -0.05) is 44.2 Å². The number of aromatic nitrogens is 1. The molecule has 1 aliphatic heterocycles. The van der Waals surface area contributed by atoms with Crippen LogP contribution >= 0.6 is 11.3 Å². The summed E-state index contributed by atoms with van der Waals surface area (Å²) in [6, 6.07) is 9.33. The fraction of sp³-hybridized carbons (Fsp3) is 0.550. The van der Waals surface area contributed by atoms with Crippen molar-refractivity contribution in [1.82, 2.24) is 14.6 Å². The summed E-state index contributed by atoms with van der Waals surface area (Å²) in [6.45, 7) is 7.69. The molecule has 0 amide bonds. The Hall–Kier alpha value is -1.28. The third-order valence-electron chi connectivity index (χ3n) is 4.91. The molecule has 1 saturated heterocycles. The Kier molecular flexibility index (Phi) is 7.03. The molecule has 0 radical (unpaired) electrons. The van der Waals surface area contributed by atoms with Crippen LogP contribution in [0.25, 0.3) is 0 Å². The van der Waals surface area contributed by atoms with Crippen molar-refractivity contribution in [2.45, 2.75) is 44.9 Å². The van der Waals surface area contributed by atoms with E-state index in [0.717, 1.165) is 48.7 Å². The second kappa shape index (κ2) is 9.28. The van der Waals surface area contributed by atoms with E-state index in [1.165, 1.54) is 0 Å². The predicted octanol–water partition coefficient (Wildman–Crippen LogP) is 3.60. The Morgan fingerprint density at radius 1 is 1.30 bits per heavy atom. The molecule has 1 fully saturated rings. The molecule has 0 bridgehead atoms. The van der Waals surface area contributed by atoms with Gasteiger partial charge in [0, 0.05) is 18.5 Å². The SMILES string of the molecule is CC(C)c1csc(CN2CCCC(CNS(=O)(=O)Cc3ccccc3)C2)n1. The molecule has 0 aliphatic carbocycles. The zero-order chi connectivity index (χ0) is 19.3. The van der Waals surface area contributed by atoms with Crippen molar-refractivity contribution in [3.63, 3.8) is 0 Å². The maximum Gasteiger partial charge on any atom is 0.215 e. The van der Waals surface area contributed by atoms with Gasteiger partial charge in [0.1, 0.15) is 5.01 Å². The smallest absolute Gasteiger partial charge is 0.215 e. The molecule has 0 spiro atoms. The van der Waals surface area contributed by atoms with Crippen LogP contribution in [0.2, 0.25) is 0 Å². The first-order chi connectivity index (χ1) is 12.9. The van der Waals surface area contributed by atoms with E-state index in [1.807, 2.05) is 30.3 Å². The van der Waals surface area contributed by atoms with Crippen LogP contribution in [0.5, 0.6) is 0 Å². The third kappa shape index (κ3) is 6.38. The van der Waals surface area contributed by atoms with Gasteiger partial charge in [-0.05, 0) is 36.8 Å². The van der Waals surface area contributed by atoms with Crippen molar-refractivity contribution in [1.29, 1.82) is 0 Å². The molecule has 1 aromatic heterocycles. The number of hydrogen-bond acceptors (Lipinski definition) is 5. The number of thiazole rings is 1. The van der Waals surface area contributed by atoms with Crippen LogP contribution < -0.4 is 4.72 Å². The number of nitrogens with one attached hydrogen (secondary N) is 1. The maximum absolute atomic E-state index is 12.3. The molecule has 3 rings (SSSR count). The Morgan fingerprint density at radius 3 is 2.78 bits per heavy atom. The van der Waals surface area contributed by atoms with Gasteiger partial charge >= 0.3 is 0 Å². The fourth-order valence-corrected chi connectivity index (χ4v) is 5.63. The van der Waals surface area contributed by atoms with Crippen LogP contribution in [0.4, 0.5) is 0 Å². The van der Waals surface area contributed by atoms with Crippen molar-refractivity contribution < 1.29 is 8.42 Å². The summed E-state index contributed by atoms with van der Waals surface area (Å²) in [6.07, 6.45) is 2.17. The van der Waals surface area contributed by atoms with E-state index in [4.69, 9.17) is 4.98 Å². The van der Waals surface area contributed by atoms with Gasteiger partial charge in [-0.15, -0.1) is 11.3 Å². The quantitative estimate of drug-likeness (QED) is 0.726. The lowest BCUT2D eigenvalue weighted by molar-refractivity contribution is 0.168. The highest BCUT2D eigenvalue weighted by atomic mass is 32.2. The summed E-state index contributed by atoms with van der Waals surface area (Å²) in [5.41, 5.74) is 1.98. The first-order valence-electron chi connectivity index (χ1n) is 9.59. The second-order valence-electron chi connectivity index (χ2n) is 7.66. The van der Waals surface area contributed by atoms with Crippen LogP contribution in [0.1, 0.15) is 48.9 Å². The van der Waals surface area contributed by atoms with Gasteiger partial charge in [0.2, 0.25) is 10.0 Å². The largest absolute Gasteiger partial charge is 0.296 e. The summed E-state index contributed by atoms with van der Waals surface area (Å²) >= 11 is 1.73. The molecule has 1 aromatic carbocycles. The molecular formula is C20H29N3O2S2. The highest BCUT2D eigenvalue weighted by Crippen LogP contribution is 2.22. The first kappa shape index (κ1) is 20.5.